The topological polar surface area (TPSA) is 30.3 Å². The lowest BCUT2D eigenvalue weighted by Crippen LogP contribution is -2.27. The lowest BCUT2D eigenvalue weighted by atomic mass is 10.0. The summed E-state index contributed by atoms with van der Waals surface area (Å²) < 4.78 is 46.5. The summed E-state index contributed by atoms with van der Waals surface area (Å²) in [5, 5.41) is 1.16. The van der Waals surface area contributed by atoms with Crippen molar-refractivity contribution >= 4 is 10.9 Å². The van der Waals surface area contributed by atoms with Crippen molar-refractivity contribution in [3.63, 3.8) is 0 Å². The third-order valence-electron chi connectivity index (χ3n) is 5.40. The molecule has 4 rings (SSSR count). The molecule has 0 fully saturated rings. The van der Waals surface area contributed by atoms with Gasteiger partial charge in [0, 0.05) is 55.0 Å². The Morgan fingerprint density at radius 3 is 2.75 bits per heavy atom. The molecule has 0 amide bonds. The van der Waals surface area contributed by atoms with Gasteiger partial charge in [-0.3, -0.25) is 4.98 Å². The van der Waals surface area contributed by atoms with Crippen molar-refractivity contribution in [1.82, 2.24) is 14.5 Å². The van der Waals surface area contributed by atoms with Crippen LogP contribution < -0.4 is 4.74 Å². The van der Waals surface area contributed by atoms with Crippen LogP contribution in [0.25, 0.3) is 10.9 Å². The molecule has 3 heterocycles. The van der Waals surface area contributed by atoms with Crippen LogP contribution in [0.1, 0.15) is 22.4 Å². The van der Waals surface area contributed by atoms with Crippen LogP contribution >= 0.6 is 0 Å². The summed E-state index contributed by atoms with van der Waals surface area (Å²) >= 11 is 0. The number of pyridine rings is 1. The summed E-state index contributed by atoms with van der Waals surface area (Å²) in [7, 11) is 3.75. The van der Waals surface area contributed by atoms with E-state index in [2.05, 4.69) is 27.6 Å². The second-order valence-electron chi connectivity index (χ2n) is 7.28. The van der Waals surface area contributed by atoms with Gasteiger partial charge in [-0.2, -0.15) is 13.2 Å². The molecule has 0 saturated carbocycles. The van der Waals surface area contributed by atoms with E-state index in [1.165, 1.54) is 23.5 Å². The molecular formula is C21H22F3N3O. The summed E-state index contributed by atoms with van der Waals surface area (Å²) in [6.07, 6.45) is -0.565. The van der Waals surface area contributed by atoms with E-state index in [-0.39, 0.29) is 0 Å². The maximum absolute atomic E-state index is 13.0. The van der Waals surface area contributed by atoms with Crippen LogP contribution in [0.15, 0.2) is 36.7 Å². The van der Waals surface area contributed by atoms with Crippen LogP contribution in [0.3, 0.4) is 0 Å². The van der Waals surface area contributed by atoms with Gasteiger partial charge in [0.1, 0.15) is 5.75 Å². The third kappa shape index (κ3) is 3.46. The average molecular weight is 389 g/mol. The van der Waals surface area contributed by atoms with Crippen LogP contribution in [0, 0.1) is 0 Å². The molecule has 0 aliphatic carbocycles. The second-order valence-corrected chi connectivity index (χ2v) is 7.28. The highest BCUT2D eigenvalue weighted by Crippen LogP contribution is 2.33. The van der Waals surface area contributed by atoms with Gasteiger partial charge in [-0.15, -0.1) is 0 Å². The Morgan fingerprint density at radius 2 is 2.00 bits per heavy atom. The first-order valence-electron chi connectivity index (χ1n) is 9.24. The molecule has 1 aliphatic rings. The Labute approximate surface area is 161 Å². The highest BCUT2D eigenvalue weighted by atomic mass is 19.4. The van der Waals surface area contributed by atoms with Gasteiger partial charge in [0.2, 0.25) is 0 Å². The zero-order valence-electron chi connectivity index (χ0n) is 15.9. The van der Waals surface area contributed by atoms with E-state index in [9.17, 15) is 13.2 Å². The zero-order chi connectivity index (χ0) is 19.9. The van der Waals surface area contributed by atoms with Gasteiger partial charge in [-0.1, -0.05) is 0 Å². The molecule has 1 aliphatic heterocycles. The molecule has 2 aromatic heterocycles. The fourth-order valence-corrected chi connectivity index (χ4v) is 3.97. The van der Waals surface area contributed by atoms with Crippen LogP contribution in [0.5, 0.6) is 5.75 Å². The smallest absolute Gasteiger partial charge is 0.417 e. The van der Waals surface area contributed by atoms with E-state index in [0.29, 0.717) is 18.5 Å². The number of hydrogen-bond donors (Lipinski definition) is 0. The number of benzene rings is 1. The van der Waals surface area contributed by atoms with Gasteiger partial charge >= 0.3 is 6.18 Å². The average Bonchev–Trinajstić information content (AvgIpc) is 2.98. The minimum absolute atomic E-state index is 0.495. The van der Waals surface area contributed by atoms with Crippen molar-refractivity contribution < 1.29 is 17.9 Å². The van der Waals surface area contributed by atoms with E-state index in [1.807, 2.05) is 12.1 Å². The van der Waals surface area contributed by atoms with Crippen LogP contribution in [0.4, 0.5) is 13.2 Å². The Kier molecular flexibility index (Phi) is 4.79. The van der Waals surface area contributed by atoms with Crippen LogP contribution in [-0.4, -0.2) is 35.2 Å². The number of nitrogens with zero attached hydrogens (tertiary/aromatic N) is 3. The first kappa shape index (κ1) is 18.8. The highest BCUT2D eigenvalue weighted by molar-refractivity contribution is 5.87. The van der Waals surface area contributed by atoms with E-state index in [4.69, 9.17) is 4.74 Å². The maximum Gasteiger partial charge on any atom is 0.417 e. The molecule has 0 saturated heterocycles. The number of hydrogen-bond acceptors (Lipinski definition) is 3. The van der Waals surface area contributed by atoms with Gasteiger partial charge in [0.05, 0.1) is 12.7 Å². The fourth-order valence-electron chi connectivity index (χ4n) is 3.97. The summed E-state index contributed by atoms with van der Waals surface area (Å²) in [5.41, 5.74) is 3.54. The zero-order valence-corrected chi connectivity index (χ0v) is 15.9. The predicted molar refractivity (Wildman–Crippen MR) is 101 cm³/mol. The number of rotatable bonds is 4. The van der Waals surface area contributed by atoms with Gasteiger partial charge in [0.15, 0.2) is 0 Å². The number of alkyl halides is 3. The number of aryl methyl sites for hydroxylation is 2. The minimum atomic E-state index is -4.37. The molecule has 3 aromatic rings. The normalized spacial score (nSPS) is 15.0. The predicted octanol–water partition coefficient (Wildman–Crippen LogP) is 4.29. The molecule has 7 heteroatoms. The molecule has 4 nitrogen and oxygen atoms in total. The molecule has 0 N–H and O–H groups in total. The molecule has 0 unspecified atom stereocenters. The number of ether oxygens (including phenoxy) is 1. The van der Waals surface area contributed by atoms with E-state index in [0.717, 1.165) is 42.4 Å². The maximum atomic E-state index is 13.0. The van der Waals surface area contributed by atoms with Crippen molar-refractivity contribution in [2.24, 2.45) is 0 Å². The van der Waals surface area contributed by atoms with Crippen LogP contribution in [0.2, 0.25) is 0 Å². The van der Waals surface area contributed by atoms with E-state index in [1.54, 1.807) is 7.11 Å². The van der Waals surface area contributed by atoms with Crippen molar-refractivity contribution in [3.05, 3.63) is 59.0 Å². The Bertz CT molecular complexity index is 1010. The number of methoxy groups -OCH3 is 1. The SMILES string of the molecule is COc1ccc2c(c1)c1c(n2CCc2cncc(C(F)(F)F)c2)CCN(C)C1. The van der Waals surface area contributed by atoms with Gasteiger partial charge < -0.3 is 14.2 Å². The van der Waals surface area contributed by atoms with Crippen molar-refractivity contribution in [3.8, 4) is 5.75 Å². The van der Waals surface area contributed by atoms with E-state index >= 15 is 0 Å². The largest absolute Gasteiger partial charge is 0.497 e. The molecule has 0 atom stereocenters. The van der Waals surface area contributed by atoms with Crippen molar-refractivity contribution in [2.45, 2.75) is 32.1 Å². The molecule has 0 radical (unpaired) electrons. The minimum Gasteiger partial charge on any atom is -0.497 e. The van der Waals surface area contributed by atoms with Gasteiger partial charge in [-0.25, -0.2) is 0 Å². The lowest BCUT2D eigenvalue weighted by Gasteiger charge is -2.24. The van der Waals surface area contributed by atoms with E-state index < -0.39 is 11.7 Å². The molecule has 0 spiro atoms. The fraction of sp³-hybridized carbons (Fsp3) is 0.381. The standard InChI is InChI=1S/C21H22F3N3O/c1-26-7-6-20-18(13-26)17-10-16(28-2)3-4-19(17)27(20)8-5-14-9-15(12-25-11-14)21(22,23)24/h3-4,9-12H,5-8,13H2,1-2H3. The monoisotopic (exact) mass is 389 g/mol. The lowest BCUT2D eigenvalue weighted by molar-refractivity contribution is -0.137. The van der Waals surface area contributed by atoms with Crippen molar-refractivity contribution in [2.75, 3.05) is 20.7 Å². The number of aromatic nitrogens is 2. The first-order valence-corrected chi connectivity index (χ1v) is 9.24. The Morgan fingerprint density at radius 1 is 1.18 bits per heavy atom. The van der Waals surface area contributed by atoms with Gasteiger partial charge in [0.25, 0.3) is 0 Å². The molecule has 1 aromatic carbocycles. The third-order valence-corrected chi connectivity index (χ3v) is 5.40. The summed E-state index contributed by atoms with van der Waals surface area (Å²) in [4.78, 5) is 6.06. The summed E-state index contributed by atoms with van der Waals surface area (Å²) in [6, 6.07) is 7.22. The Hall–Kier alpha value is -2.54. The molecule has 148 valence electrons. The molecule has 28 heavy (non-hydrogen) atoms. The number of fused-ring (bicyclic) bond motifs is 3. The highest BCUT2D eigenvalue weighted by Gasteiger charge is 2.31. The Balaban J connectivity index is 1.69. The second kappa shape index (κ2) is 7.13. The molecule has 0 bridgehead atoms. The number of halogens is 3. The molecular weight excluding hydrogens is 367 g/mol. The van der Waals surface area contributed by atoms with Crippen molar-refractivity contribution in [1.29, 1.82) is 0 Å². The quantitative estimate of drug-likeness (QED) is 0.667. The summed E-state index contributed by atoms with van der Waals surface area (Å²) in [6.45, 7) is 2.44. The van der Waals surface area contributed by atoms with Crippen LogP contribution in [-0.2, 0) is 32.1 Å². The summed E-state index contributed by atoms with van der Waals surface area (Å²) in [5.74, 6) is 0.808. The first-order chi connectivity index (χ1) is 13.4. The number of likely N-dealkylation sites (N-methyl/N-ethyl adjacent to an activating group) is 1. The van der Waals surface area contributed by atoms with Gasteiger partial charge in [-0.05, 0) is 48.9 Å².